The van der Waals surface area contributed by atoms with Gasteiger partial charge in [0.25, 0.3) is 5.91 Å². The second kappa shape index (κ2) is 6.41. The quantitative estimate of drug-likeness (QED) is 0.752. The van der Waals surface area contributed by atoms with E-state index in [2.05, 4.69) is 15.9 Å². The molecule has 0 radical (unpaired) electrons. The lowest BCUT2D eigenvalue weighted by atomic mass is 10.2. The molecule has 2 aromatic carbocycles. The third kappa shape index (κ3) is 3.22. The molecule has 1 amide bonds. The first-order valence-electron chi connectivity index (χ1n) is 5.90. The zero-order chi connectivity index (χ0) is 14.7. The third-order valence-electron chi connectivity index (χ3n) is 2.91. The van der Waals surface area contributed by atoms with Gasteiger partial charge in [-0.05, 0) is 48.7 Å². The molecule has 0 N–H and O–H groups in total. The average Bonchev–Trinajstić information content (AvgIpc) is 2.46. The Kier molecular flexibility index (Phi) is 4.83. The van der Waals surface area contributed by atoms with E-state index in [4.69, 9.17) is 0 Å². The van der Waals surface area contributed by atoms with Gasteiger partial charge in [-0.2, -0.15) is 0 Å². The summed E-state index contributed by atoms with van der Waals surface area (Å²) in [5, 5.41) is 0. The van der Waals surface area contributed by atoms with Gasteiger partial charge in [0, 0.05) is 22.0 Å². The van der Waals surface area contributed by atoms with Crippen LogP contribution in [-0.2, 0) is 0 Å². The second-order valence-corrected chi connectivity index (χ2v) is 5.98. The number of nitrogens with zero attached hydrogens (tertiary/aromatic N) is 1. The van der Waals surface area contributed by atoms with Crippen molar-refractivity contribution >= 4 is 39.3 Å². The maximum atomic E-state index is 13.9. The van der Waals surface area contributed by atoms with Crippen molar-refractivity contribution in [2.75, 3.05) is 18.2 Å². The molecular weight excluding hydrogens is 341 g/mol. The first-order valence-corrected chi connectivity index (χ1v) is 7.92. The van der Waals surface area contributed by atoms with E-state index in [1.807, 2.05) is 18.4 Å². The molecule has 0 spiro atoms. The summed E-state index contributed by atoms with van der Waals surface area (Å²) in [6, 6.07) is 11.9. The van der Waals surface area contributed by atoms with Crippen molar-refractivity contribution in [3.05, 3.63) is 58.3 Å². The molecule has 2 aromatic rings. The average molecular weight is 354 g/mol. The van der Waals surface area contributed by atoms with Gasteiger partial charge in [0.2, 0.25) is 0 Å². The van der Waals surface area contributed by atoms with E-state index in [0.717, 1.165) is 4.90 Å². The fourth-order valence-electron chi connectivity index (χ4n) is 1.79. The fraction of sp³-hybridized carbons (Fsp3) is 0.133. The molecule has 2 rings (SSSR count). The normalized spacial score (nSPS) is 10.4. The van der Waals surface area contributed by atoms with Crippen LogP contribution >= 0.6 is 27.7 Å². The number of rotatable bonds is 3. The Hall–Kier alpha value is -1.33. The SMILES string of the molecule is CSc1ccc(C(=O)N(C)c2ccc(Br)cc2F)cc1. The molecule has 0 aromatic heterocycles. The molecule has 0 aliphatic carbocycles. The number of hydrogen-bond acceptors (Lipinski definition) is 2. The molecule has 2 nitrogen and oxygen atoms in total. The third-order valence-corrected chi connectivity index (χ3v) is 4.15. The predicted molar refractivity (Wildman–Crippen MR) is 85.1 cm³/mol. The van der Waals surface area contributed by atoms with Gasteiger partial charge in [-0.1, -0.05) is 15.9 Å². The van der Waals surface area contributed by atoms with Crippen molar-refractivity contribution in [3.8, 4) is 0 Å². The summed E-state index contributed by atoms with van der Waals surface area (Å²) in [5.74, 6) is -0.671. The lowest BCUT2D eigenvalue weighted by molar-refractivity contribution is 0.0992. The predicted octanol–water partition coefficient (Wildman–Crippen LogP) is 4.59. The zero-order valence-corrected chi connectivity index (χ0v) is 13.5. The largest absolute Gasteiger partial charge is 0.309 e. The van der Waals surface area contributed by atoms with Gasteiger partial charge in [-0.25, -0.2) is 4.39 Å². The molecular formula is C15H13BrFNOS. The Bertz CT molecular complexity index is 630. The molecule has 0 saturated heterocycles. The van der Waals surface area contributed by atoms with E-state index in [9.17, 15) is 9.18 Å². The number of halogens is 2. The second-order valence-electron chi connectivity index (χ2n) is 4.19. The smallest absolute Gasteiger partial charge is 0.258 e. The van der Waals surface area contributed by atoms with Crippen molar-refractivity contribution in [2.24, 2.45) is 0 Å². The number of hydrogen-bond donors (Lipinski definition) is 0. The van der Waals surface area contributed by atoms with Crippen LogP contribution in [-0.4, -0.2) is 19.2 Å². The van der Waals surface area contributed by atoms with Crippen molar-refractivity contribution < 1.29 is 9.18 Å². The number of thioether (sulfide) groups is 1. The van der Waals surface area contributed by atoms with Gasteiger partial charge in [0.15, 0.2) is 0 Å². The Balaban J connectivity index is 2.27. The summed E-state index contributed by atoms with van der Waals surface area (Å²) in [6.07, 6.45) is 1.97. The molecule has 0 fully saturated rings. The van der Waals surface area contributed by atoms with Crippen LogP contribution in [0.5, 0.6) is 0 Å². The van der Waals surface area contributed by atoms with Gasteiger partial charge >= 0.3 is 0 Å². The van der Waals surface area contributed by atoms with E-state index in [1.54, 1.807) is 43.1 Å². The summed E-state index contributed by atoms with van der Waals surface area (Å²) in [6.45, 7) is 0. The molecule has 20 heavy (non-hydrogen) atoms. The minimum absolute atomic E-state index is 0.237. The van der Waals surface area contributed by atoms with Crippen LogP contribution < -0.4 is 4.90 Å². The van der Waals surface area contributed by atoms with Crippen LogP contribution in [0, 0.1) is 5.82 Å². The summed E-state index contributed by atoms with van der Waals surface area (Å²) in [7, 11) is 1.57. The number of anilines is 1. The van der Waals surface area contributed by atoms with Crippen LogP contribution in [0.2, 0.25) is 0 Å². The van der Waals surface area contributed by atoms with Gasteiger partial charge in [-0.3, -0.25) is 4.79 Å². The summed E-state index contributed by atoms with van der Waals surface area (Å²) in [4.78, 5) is 14.7. The summed E-state index contributed by atoms with van der Waals surface area (Å²) >= 11 is 4.81. The zero-order valence-electron chi connectivity index (χ0n) is 11.1. The first kappa shape index (κ1) is 15.1. The van der Waals surface area contributed by atoms with Gasteiger partial charge in [0.1, 0.15) is 5.82 Å². The van der Waals surface area contributed by atoms with Crippen LogP contribution in [0.3, 0.4) is 0 Å². The van der Waals surface area contributed by atoms with E-state index in [-0.39, 0.29) is 11.6 Å². The highest BCUT2D eigenvalue weighted by molar-refractivity contribution is 9.10. The van der Waals surface area contributed by atoms with Gasteiger partial charge in [-0.15, -0.1) is 11.8 Å². The van der Waals surface area contributed by atoms with Crippen LogP contribution in [0.4, 0.5) is 10.1 Å². The van der Waals surface area contributed by atoms with Gasteiger partial charge in [0.05, 0.1) is 5.69 Å². The van der Waals surface area contributed by atoms with Crippen molar-refractivity contribution in [1.29, 1.82) is 0 Å². The highest BCUT2D eigenvalue weighted by atomic mass is 79.9. The standard InChI is InChI=1S/C15H13BrFNOS/c1-18(14-8-5-11(16)9-13(14)17)15(19)10-3-6-12(20-2)7-4-10/h3-9H,1-2H3. The number of amides is 1. The van der Waals surface area contributed by atoms with E-state index in [1.165, 1.54) is 11.0 Å². The van der Waals surface area contributed by atoms with E-state index >= 15 is 0 Å². The first-order chi connectivity index (χ1) is 9.52. The number of carbonyl (C=O) groups is 1. The van der Waals surface area contributed by atoms with Crippen molar-refractivity contribution in [1.82, 2.24) is 0 Å². The van der Waals surface area contributed by atoms with E-state index in [0.29, 0.717) is 10.0 Å². The fourth-order valence-corrected chi connectivity index (χ4v) is 2.53. The Morgan fingerprint density at radius 2 is 1.85 bits per heavy atom. The van der Waals surface area contributed by atoms with Crippen molar-refractivity contribution in [3.63, 3.8) is 0 Å². The van der Waals surface area contributed by atoms with Crippen LogP contribution in [0.15, 0.2) is 51.8 Å². The number of benzene rings is 2. The Morgan fingerprint density at radius 3 is 2.40 bits per heavy atom. The molecule has 0 heterocycles. The molecule has 0 unspecified atom stereocenters. The van der Waals surface area contributed by atoms with E-state index < -0.39 is 5.82 Å². The molecule has 0 atom stereocenters. The number of carbonyl (C=O) groups excluding carboxylic acids is 1. The summed E-state index contributed by atoms with van der Waals surface area (Å²) in [5.41, 5.74) is 0.791. The van der Waals surface area contributed by atoms with Crippen molar-refractivity contribution in [2.45, 2.75) is 4.90 Å². The topological polar surface area (TPSA) is 20.3 Å². The summed E-state index contributed by atoms with van der Waals surface area (Å²) < 4.78 is 14.5. The molecule has 0 aliphatic heterocycles. The lowest BCUT2D eigenvalue weighted by Crippen LogP contribution is -2.27. The molecule has 5 heteroatoms. The highest BCUT2D eigenvalue weighted by Gasteiger charge is 2.16. The Labute approximate surface area is 130 Å². The molecule has 0 aliphatic rings. The van der Waals surface area contributed by atoms with Crippen LogP contribution in [0.1, 0.15) is 10.4 Å². The minimum atomic E-state index is -0.434. The molecule has 0 saturated carbocycles. The lowest BCUT2D eigenvalue weighted by Gasteiger charge is -2.18. The monoisotopic (exact) mass is 353 g/mol. The highest BCUT2D eigenvalue weighted by Crippen LogP contribution is 2.24. The van der Waals surface area contributed by atoms with Gasteiger partial charge < -0.3 is 4.90 Å². The maximum absolute atomic E-state index is 13.9. The maximum Gasteiger partial charge on any atom is 0.258 e. The molecule has 104 valence electrons. The Morgan fingerprint density at radius 1 is 1.20 bits per heavy atom. The van der Waals surface area contributed by atoms with Crippen LogP contribution in [0.25, 0.3) is 0 Å². The molecule has 0 bridgehead atoms. The minimum Gasteiger partial charge on any atom is -0.309 e.